The number of amides is 1. The second-order valence-electron chi connectivity index (χ2n) is 4.40. The minimum absolute atomic E-state index is 0.204. The molecule has 0 saturated heterocycles. The summed E-state index contributed by atoms with van der Waals surface area (Å²) in [6, 6.07) is 10.0. The van der Waals surface area contributed by atoms with Crippen molar-refractivity contribution in [2.24, 2.45) is 0 Å². The predicted molar refractivity (Wildman–Crippen MR) is 70.2 cm³/mol. The maximum atomic E-state index is 13.0. The molecule has 110 valence electrons. The Kier molecular flexibility index (Phi) is 4.26. The molecule has 0 bridgehead atoms. The second kappa shape index (κ2) is 5.95. The highest BCUT2D eigenvalue weighted by Crippen LogP contribution is 2.34. The summed E-state index contributed by atoms with van der Waals surface area (Å²) in [5.41, 5.74) is -0.846. The smallest absolute Gasteiger partial charge is 0.325 e. The molecule has 1 amide bonds. The van der Waals surface area contributed by atoms with Crippen LogP contribution >= 0.6 is 0 Å². The molecule has 2 nitrogen and oxygen atoms in total. The summed E-state index contributed by atoms with van der Waals surface area (Å²) in [7, 11) is 0. The van der Waals surface area contributed by atoms with Gasteiger partial charge in [-0.1, -0.05) is 24.3 Å². The van der Waals surface area contributed by atoms with Crippen molar-refractivity contribution in [3.05, 3.63) is 65.5 Å². The van der Waals surface area contributed by atoms with Gasteiger partial charge in [-0.25, -0.2) is 4.39 Å². The van der Waals surface area contributed by atoms with E-state index in [1.807, 2.05) is 0 Å². The van der Waals surface area contributed by atoms with E-state index in [2.05, 4.69) is 5.32 Å². The molecule has 6 heteroatoms. The van der Waals surface area contributed by atoms with Crippen LogP contribution in [0.1, 0.15) is 11.1 Å². The summed E-state index contributed by atoms with van der Waals surface area (Å²) in [4.78, 5) is 11.8. The monoisotopic (exact) mass is 297 g/mol. The zero-order valence-electron chi connectivity index (χ0n) is 10.7. The van der Waals surface area contributed by atoms with Gasteiger partial charge in [-0.2, -0.15) is 13.2 Å². The molecule has 0 aliphatic heterocycles. The Morgan fingerprint density at radius 2 is 1.76 bits per heavy atom. The van der Waals surface area contributed by atoms with Crippen molar-refractivity contribution in [1.82, 2.24) is 0 Å². The average Bonchev–Trinajstić information content (AvgIpc) is 2.37. The van der Waals surface area contributed by atoms with E-state index in [9.17, 15) is 22.4 Å². The van der Waals surface area contributed by atoms with E-state index < -0.39 is 23.5 Å². The summed E-state index contributed by atoms with van der Waals surface area (Å²) in [6.45, 7) is 0. The van der Waals surface area contributed by atoms with Crippen LogP contribution in [0.15, 0.2) is 48.5 Å². The number of para-hydroxylation sites is 1. The highest BCUT2D eigenvalue weighted by atomic mass is 19.4. The zero-order chi connectivity index (χ0) is 15.5. The summed E-state index contributed by atoms with van der Waals surface area (Å²) >= 11 is 0. The first kappa shape index (κ1) is 15.0. The van der Waals surface area contributed by atoms with Gasteiger partial charge in [0, 0.05) is 0 Å². The Balaban J connectivity index is 2.14. The summed E-state index contributed by atoms with van der Waals surface area (Å²) in [5, 5.41) is 2.20. The Hall–Kier alpha value is -2.37. The van der Waals surface area contributed by atoms with Gasteiger partial charge in [0.25, 0.3) is 0 Å². The summed E-state index contributed by atoms with van der Waals surface area (Å²) in [5.74, 6) is -1.15. The van der Waals surface area contributed by atoms with E-state index >= 15 is 0 Å². The molecule has 2 aromatic carbocycles. The Morgan fingerprint density at radius 3 is 2.43 bits per heavy atom. The molecule has 0 heterocycles. The van der Waals surface area contributed by atoms with Crippen molar-refractivity contribution in [2.45, 2.75) is 12.6 Å². The number of halogens is 4. The van der Waals surface area contributed by atoms with Gasteiger partial charge in [-0.05, 0) is 29.8 Å². The van der Waals surface area contributed by atoms with Crippen LogP contribution in [-0.4, -0.2) is 5.91 Å². The number of carbonyl (C=O) groups excluding carboxylic acids is 1. The van der Waals surface area contributed by atoms with Crippen molar-refractivity contribution in [1.29, 1.82) is 0 Å². The molecule has 21 heavy (non-hydrogen) atoms. The fourth-order valence-electron chi connectivity index (χ4n) is 1.87. The van der Waals surface area contributed by atoms with Crippen molar-refractivity contribution in [3.8, 4) is 0 Å². The molecule has 0 atom stereocenters. The SMILES string of the molecule is O=C(Cc1cccc(F)c1)Nc1ccccc1C(F)(F)F. The lowest BCUT2D eigenvalue weighted by molar-refractivity contribution is -0.137. The van der Waals surface area contributed by atoms with Crippen molar-refractivity contribution >= 4 is 11.6 Å². The lowest BCUT2D eigenvalue weighted by Gasteiger charge is -2.13. The number of hydrogen-bond acceptors (Lipinski definition) is 1. The van der Waals surface area contributed by atoms with Gasteiger partial charge in [0.2, 0.25) is 5.91 Å². The van der Waals surface area contributed by atoms with Crippen LogP contribution < -0.4 is 5.32 Å². The van der Waals surface area contributed by atoms with Crippen LogP contribution in [0.2, 0.25) is 0 Å². The highest BCUT2D eigenvalue weighted by Gasteiger charge is 2.33. The van der Waals surface area contributed by atoms with Crippen LogP contribution in [-0.2, 0) is 17.4 Å². The van der Waals surface area contributed by atoms with Gasteiger partial charge in [0.15, 0.2) is 0 Å². The molecule has 2 aromatic rings. The molecule has 2 rings (SSSR count). The van der Waals surface area contributed by atoms with Crippen LogP contribution in [0.5, 0.6) is 0 Å². The van der Waals surface area contributed by atoms with Gasteiger partial charge in [-0.15, -0.1) is 0 Å². The quantitative estimate of drug-likeness (QED) is 0.852. The minimum Gasteiger partial charge on any atom is -0.325 e. The summed E-state index contributed by atoms with van der Waals surface area (Å²) in [6.07, 6.45) is -4.76. The van der Waals surface area contributed by atoms with Gasteiger partial charge in [-0.3, -0.25) is 4.79 Å². The molecular weight excluding hydrogens is 286 g/mol. The third kappa shape index (κ3) is 4.05. The fraction of sp³-hybridized carbons (Fsp3) is 0.133. The second-order valence-corrected chi connectivity index (χ2v) is 4.40. The molecule has 0 aromatic heterocycles. The van der Waals surface area contributed by atoms with Crippen LogP contribution in [0.4, 0.5) is 23.2 Å². The maximum Gasteiger partial charge on any atom is 0.418 e. The molecule has 0 fully saturated rings. The number of alkyl halides is 3. The molecule has 0 aliphatic carbocycles. The van der Waals surface area contributed by atoms with E-state index in [-0.39, 0.29) is 12.1 Å². The van der Waals surface area contributed by atoms with E-state index in [4.69, 9.17) is 0 Å². The first-order chi connectivity index (χ1) is 9.86. The fourth-order valence-corrected chi connectivity index (χ4v) is 1.87. The number of hydrogen-bond donors (Lipinski definition) is 1. The minimum atomic E-state index is -4.55. The number of benzene rings is 2. The van der Waals surface area contributed by atoms with Crippen LogP contribution in [0.25, 0.3) is 0 Å². The average molecular weight is 297 g/mol. The molecule has 0 aliphatic rings. The van der Waals surface area contributed by atoms with E-state index in [1.54, 1.807) is 0 Å². The molecule has 0 saturated carbocycles. The Labute approximate surface area is 118 Å². The Morgan fingerprint density at radius 1 is 1.05 bits per heavy atom. The standard InChI is InChI=1S/C15H11F4NO/c16-11-5-3-4-10(8-11)9-14(21)20-13-7-2-1-6-12(13)15(17,18)19/h1-8H,9H2,(H,20,21). The van der Waals surface area contributed by atoms with E-state index in [1.165, 1.54) is 36.4 Å². The normalized spacial score (nSPS) is 11.2. The largest absolute Gasteiger partial charge is 0.418 e. The van der Waals surface area contributed by atoms with Gasteiger partial charge in [0.1, 0.15) is 5.82 Å². The Bertz CT molecular complexity index is 652. The van der Waals surface area contributed by atoms with Crippen molar-refractivity contribution in [3.63, 3.8) is 0 Å². The molecule has 1 N–H and O–H groups in total. The molecular formula is C15H11F4NO. The third-order valence-corrected chi connectivity index (χ3v) is 2.76. The molecule has 0 unspecified atom stereocenters. The number of rotatable bonds is 3. The van der Waals surface area contributed by atoms with Gasteiger partial charge >= 0.3 is 6.18 Å². The maximum absolute atomic E-state index is 13.0. The number of nitrogens with one attached hydrogen (secondary N) is 1. The molecule has 0 spiro atoms. The lowest BCUT2D eigenvalue weighted by Crippen LogP contribution is -2.18. The lowest BCUT2D eigenvalue weighted by atomic mass is 10.1. The molecule has 0 radical (unpaired) electrons. The number of carbonyl (C=O) groups is 1. The predicted octanol–water partition coefficient (Wildman–Crippen LogP) is 4.03. The van der Waals surface area contributed by atoms with Gasteiger partial charge in [0.05, 0.1) is 17.7 Å². The van der Waals surface area contributed by atoms with Crippen LogP contribution in [0, 0.1) is 5.82 Å². The summed E-state index contributed by atoms with van der Waals surface area (Å²) < 4.78 is 51.3. The third-order valence-electron chi connectivity index (χ3n) is 2.76. The van der Waals surface area contributed by atoms with Crippen LogP contribution in [0.3, 0.4) is 0 Å². The van der Waals surface area contributed by atoms with Crippen molar-refractivity contribution < 1.29 is 22.4 Å². The highest BCUT2D eigenvalue weighted by molar-refractivity contribution is 5.93. The van der Waals surface area contributed by atoms with Crippen molar-refractivity contribution in [2.75, 3.05) is 5.32 Å². The van der Waals surface area contributed by atoms with E-state index in [0.29, 0.717) is 5.56 Å². The first-order valence-electron chi connectivity index (χ1n) is 6.07. The zero-order valence-corrected chi connectivity index (χ0v) is 10.7. The first-order valence-corrected chi connectivity index (χ1v) is 6.07. The topological polar surface area (TPSA) is 29.1 Å². The van der Waals surface area contributed by atoms with E-state index in [0.717, 1.165) is 12.1 Å². The van der Waals surface area contributed by atoms with Gasteiger partial charge < -0.3 is 5.32 Å². The number of anilines is 1.